The van der Waals surface area contributed by atoms with Crippen LogP contribution in [0.5, 0.6) is 0 Å². The molecule has 0 aliphatic carbocycles. The fraction of sp³-hybridized carbons (Fsp3) is 0.538. The molecule has 0 atom stereocenters. The van der Waals surface area contributed by atoms with Gasteiger partial charge in [0.1, 0.15) is 0 Å². The van der Waals surface area contributed by atoms with Crippen molar-refractivity contribution in [2.24, 2.45) is 5.92 Å². The molecule has 1 N–H and O–H groups in total. The van der Waals surface area contributed by atoms with Crippen LogP contribution in [0.1, 0.15) is 12.8 Å². The van der Waals surface area contributed by atoms with Gasteiger partial charge in [0.2, 0.25) is 0 Å². The molecule has 1 saturated heterocycles. The Morgan fingerprint density at radius 3 is 3.00 bits per heavy atom. The van der Waals surface area contributed by atoms with Crippen LogP contribution in [0.3, 0.4) is 0 Å². The zero-order valence-corrected chi connectivity index (χ0v) is 11.4. The standard InChI is InChI=1S/C13H18N4S/c1-16-7-4-10(5-8-16)9-17-12-11(15-13(17)18)3-2-6-14-12/h2-3,6,10H,4-5,7-9H2,1H3,(H,15,18). The molecule has 0 unspecified atom stereocenters. The Labute approximate surface area is 112 Å². The van der Waals surface area contributed by atoms with Crippen molar-refractivity contribution in [3.05, 3.63) is 23.1 Å². The molecule has 2 aromatic rings. The Bertz CT molecular complexity index is 592. The molecule has 18 heavy (non-hydrogen) atoms. The van der Waals surface area contributed by atoms with E-state index in [1.54, 1.807) is 0 Å². The number of hydrogen-bond donors (Lipinski definition) is 1. The summed E-state index contributed by atoms with van der Waals surface area (Å²) in [6, 6.07) is 3.97. The van der Waals surface area contributed by atoms with Crippen molar-refractivity contribution in [3.8, 4) is 0 Å². The van der Waals surface area contributed by atoms with Gasteiger partial charge >= 0.3 is 0 Å². The third kappa shape index (κ3) is 2.20. The van der Waals surface area contributed by atoms with Gasteiger partial charge in [-0.3, -0.25) is 0 Å². The average Bonchev–Trinajstić information content (AvgIpc) is 2.69. The van der Waals surface area contributed by atoms with Crippen LogP contribution in [0.25, 0.3) is 11.2 Å². The first kappa shape index (κ1) is 11.9. The van der Waals surface area contributed by atoms with E-state index < -0.39 is 0 Å². The van der Waals surface area contributed by atoms with E-state index in [1.165, 1.54) is 25.9 Å². The van der Waals surface area contributed by atoms with Gasteiger partial charge in [-0.2, -0.15) is 0 Å². The van der Waals surface area contributed by atoms with E-state index >= 15 is 0 Å². The number of nitrogens with zero attached hydrogens (tertiary/aromatic N) is 3. The highest BCUT2D eigenvalue weighted by Crippen LogP contribution is 2.20. The lowest BCUT2D eigenvalue weighted by atomic mass is 9.97. The minimum absolute atomic E-state index is 0.717. The van der Waals surface area contributed by atoms with Crippen molar-refractivity contribution in [1.82, 2.24) is 19.4 Å². The second kappa shape index (κ2) is 4.82. The molecule has 3 rings (SSSR count). The van der Waals surface area contributed by atoms with Gasteiger partial charge in [0, 0.05) is 12.7 Å². The first-order valence-electron chi connectivity index (χ1n) is 6.46. The van der Waals surface area contributed by atoms with E-state index in [0.717, 1.165) is 22.5 Å². The maximum atomic E-state index is 5.40. The molecule has 5 heteroatoms. The van der Waals surface area contributed by atoms with Gasteiger partial charge in [-0.15, -0.1) is 0 Å². The molecule has 0 aromatic carbocycles. The summed E-state index contributed by atoms with van der Waals surface area (Å²) in [5.41, 5.74) is 2.02. The minimum atomic E-state index is 0.717. The molecule has 1 aliphatic rings. The molecular formula is C13H18N4S. The Hall–Kier alpha value is -1.20. The van der Waals surface area contributed by atoms with Crippen LogP contribution >= 0.6 is 12.2 Å². The number of aromatic nitrogens is 3. The average molecular weight is 262 g/mol. The predicted molar refractivity (Wildman–Crippen MR) is 75.1 cm³/mol. The Morgan fingerprint density at radius 1 is 1.44 bits per heavy atom. The predicted octanol–water partition coefficient (Wildman–Crippen LogP) is 2.44. The lowest BCUT2D eigenvalue weighted by Crippen LogP contribution is -2.31. The zero-order chi connectivity index (χ0) is 12.5. The number of nitrogens with one attached hydrogen (secondary N) is 1. The molecule has 0 bridgehead atoms. The van der Waals surface area contributed by atoms with Gasteiger partial charge in [-0.1, -0.05) is 0 Å². The van der Waals surface area contributed by atoms with Gasteiger partial charge in [0.15, 0.2) is 10.4 Å². The number of hydrogen-bond acceptors (Lipinski definition) is 3. The molecule has 0 saturated carbocycles. The second-order valence-corrected chi connectivity index (χ2v) is 5.55. The maximum Gasteiger partial charge on any atom is 0.179 e. The summed E-state index contributed by atoms with van der Waals surface area (Å²) in [4.78, 5) is 10.1. The first-order valence-corrected chi connectivity index (χ1v) is 6.87. The van der Waals surface area contributed by atoms with Crippen molar-refractivity contribution in [3.63, 3.8) is 0 Å². The Morgan fingerprint density at radius 2 is 2.22 bits per heavy atom. The van der Waals surface area contributed by atoms with Crippen LogP contribution in [0.2, 0.25) is 0 Å². The highest BCUT2D eigenvalue weighted by molar-refractivity contribution is 7.71. The van der Waals surface area contributed by atoms with E-state index in [1.807, 2.05) is 18.3 Å². The highest BCUT2D eigenvalue weighted by Gasteiger charge is 2.18. The molecule has 0 amide bonds. The summed E-state index contributed by atoms with van der Waals surface area (Å²) < 4.78 is 2.95. The molecule has 1 aliphatic heterocycles. The van der Waals surface area contributed by atoms with Crippen molar-refractivity contribution < 1.29 is 0 Å². The highest BCUT2D eigenvalue weighted by atomic mass is 32.1. The number of piperidine rings is 1. The number of likely N-dealkylation sites (tertiary alicyclic amines) is 1. The fourth-order valence-corrected chi connectivity index (χ4v) is 2.93. The maximum absolute atomic E-state index is 5.40. The second-order valence-electron chi connectivity index (χ2n) is 5.16. The molecule has 1 fully saturated rings. The molecule has 2 aromatic heterocycles. The fourth-order valence-electron chi connectivity index (χ4n) is 2.66. The SMILES string of the molecule is CN1CCC(Cn2c(=S)[nH]c3cccnc32)CC1. The summed E-state index contributed by atoms with van der Waals surface area (Å²) >= 11 is 5.40. The summed E-state index contributed by atoms with van der Waals surface area (Å²) in [5.74, 6) is 0.717. The van der Waals surface area contributed by atoms with E-state index in [-0.39, 0.29) is 0 Å². The third-order valence-corrected chi connectivity index (χ3v) is 4.13. The van der Waals surface area contributed by atoms with Gasteiger partial charge in [0.05, 0.1) is 5.52 Å². The largest absolute Gasteiger partial charge is 0.329 e. The number of rotatable bonds is 2. The monoisotopic (exact) mass is 262 g/mol. The summed E-state index contributed by atoms with van der Waals surface area (Å²) in [6.07, 6.45) is 4.33. The van der Waals surface area contributed by atoms with Gasteiger partial charge in [-0.25, -0.2) is 4.98 Å². The molecular weight excluding hydrogens is 244 g/mol. The van der Waals surface area contributed by atoms with Gasteiger partial charge in [-0.05, 0) is 63.2 Å². The molecule has 0 radical (unpaired) electrons. The summed E-state index contributed by atoms with van der Waals surface area (Å²) in [5, 5.41) is 0. The lowest BCUT2D eigenvalue weighted by molar-refractivity contribution is 0.205. The molecule has 0 spiro atoms. The van der Waals surface area contributed by atoms with Crippen molar-refractivity contribution >= 4 is 23.4 Å². The van der Waals surface area contributed by atoms with E-state index in [0.29, 0.717) is 5.92 Å². The molecule has 96 valence electrons. The Balaban J connectivity index is 1.86. The van der Waals surface area contributed by atoms with Crippen LogP contribution < -0.4 is 0 Å². The lowest BCUT2D eigenvalue weighted by Gasteiger charge is -2.29. The number of aromatic amines is 1. The van der Waals surface area contributed by atoms with Gasteiger partial charge in [0.25, 0.3) is 0 Å². The van der Waals surface area contributed by atoms with Crippen molar-refractivity contribution in [2.75, 3.05) is 20.1 Å². The van der Waals surface area contributed by atoms with E-state index in [4.69, 9.17) is 12.2 Å². The summed E-state index contributed by atoms with van der Waals surface area (Å²) in [6.45, 7) is 3.37. The van der Waals surface area contributed by atoms with Crippen molar-refractivity contribution in [2.45, 2.75) is 19.4 Å². The van der Waals surface area contributed by atoms with Crippen molar-refractivity contribution in [1.29, 1.82) is 0 Å². The van der Waals surface area contributed by atoms with E-state index in [2.05, 4.69) is 26.5 Å². The topological polar surface area (TPSA) is 36.9 Å². The van der Waals surface area contributed by atoms with Crippen LogP contribution in [0, 0.1) is 10.7 Å². The number of imidazole rings is 1. The van der Waals surface area contributed by atoms with Crippen LogP contribution in [0.15, 0.2) is 18.3 Å². The minimum Gasteiger partial charge on any atom is -0.329 e. The van der Waals surface area contributed by atoms with Crippen LogP contribution in [-0.4, -0.2) is 39.6 Å². The normalized spacial score (nSPS) is 18.5. The smallest absolute Gasteiger partial charge is 0.179 e. The Kier molecular flexibility index (Phi) is 3.18. The first-order chi connectivity index (χ1) is 8.74. The summed E-state index contributed by atoms with van der Waals surface area (Å²) in [7, 11) is 2.19. The van der Waals surface area contributed by atoms with Crippen LogP contribution in [0.4, 0.5) is 0 Å². The quantitative estimate of drug-likeness (QED) is 0.845. The molecule has 3 heterocycles. The van der Waals surface area contributed by atoms with E-state index in [9.17, 15) is 0 Å². The van der Waals surface area contributed by atoms with Gasteiger partial charge < -0.3 is 14.5 Å². The molecule has 4 nitrogen and oxygen atoms in total. The number of H-pyrrole nitrogens is 1. The zero-order valence-electron chi connectivity index (χ0n) is 10.6. The number of fused-ring (bicyclic) bond motifs is 1. The third-order valence-electron chi connectivity index (χ3n) is 3.81. The van der Waals surface area contributed by atoms with Crippen LogP contribution in [-0.2, 0) is 6.54 Å². The number of pyridine rings is 1.